The molecule has 2 heterocycles. The van der Waals surface area contributed by atoms with E-state index in [9.17, 15) is 19.2 Å². The van der Waals surface area contributed by atoms with Crippen LogP contribution in [0.5, 0.6) is 0 Å². The van der Waals surface area contributed by atoms with Crippen LogP contribution in [0.3, 0.4) is 0 Å². The van der Waals surface area contributed by atoms with Crippen LogP contribution >= 0.6 is 0 Å². The minimum absolute atomic E-state index is 0.200. The summed E-state index contributed by atoms with van der Waals surface area (Å²) in [4.78, 5) is 47.6. The monoisotopic (exact) mass is 360 g/mol. The molecule has 6 nitrogen and oxygen atoms in total. The third-order valence-electron chi connectivity index (χ3n) is 6.19. The molecule has 0 N–H and O–H groups in total. The molecule has 0 radical (unpaired) electrons. The van der Waals surface area contributed by atoms with Gasteiger partial charge in [-0.1, -0.05) is 0 Å². The Morgan fingerprint density at radius 3 is 1.37 bits per heavy atom. The summed E-state index contributed by atoms with van der Waals surface area (Å²) in [7, 11) is 0. The number of rotatable bonds is 0. The molecule has 27 heavy (non-hydrogen) atoms. The molecule has 0 saturated heterocycles. The van der Waals surface area contributed by atoms with Gasteiger partial charge < -0.3 is 9.47 Å². The first kappa shape index (κ1) is 14.8. The van der Waals surface area contributed by atoms with Gasteiger partial charge in [-0.15, -0.1) is 0 Å². The largest absolute Gasteiger partial charge is 0.386 e. The van der Waals surface area contributed by atoms with Crippen molar-refractivity contribution >= 4 is 23.9 Å². The third-order valence-corrected chi connectivity index (χ3v) is 6.19. The first-order valence-corrected chi connectivity index (χ1v) is 8.86. The highest BCUT2D eigenvalue weighted by Crippen LogP contribution is 2.49. The maximum absolute atomic E-state index is 11.9. The van der Waals surface area contributed by atoms with E-state index in [0.29, 0.717) is 22.3 Å². The Kier molecular flexibility index (Phi) is 2.59. The summed E-state index contributed by atoms with van der Waals surface area (Å²) in [6.45, 7) is 0. The fourth-order valence-corrected chi connectivity index (χ4v) is 5.01. The molecule has 6 heteroatoms. The van der Waals surface area contributed by atoms with Crippen molar-refractivity contribution in [2.24, 2.45) is 0 Å². The minimum atomic E-state index is -0.590. The van der Waals surface area contributed by atoms with Crippen LogP contribution < -0.4 is 0 Å². The predicted molar refractivity (Wildman–Crippen MR) is 89.9 cm³/mol. The van der Waals surface area contributed by atoms with E-state index < -0.39 is 23.9 Å². The van der Waals surface area contributed by atoms with Gasteiger partial charge in [0.2, 0.25) is 0 Å². The maximum atomic E-state index is 11.9. The lowest BCUT2D eigenvalue weighted by Crippen LogP contribution is -2.26. The van der Waals surface area contributed by atoms with Crippen molar-refractivity contribution in [2.45, 2.75) is 31.1 Å². The van der Waals surface area contributed by atoms with E-state index in [-0.39, 0.29) is 11.8 Å². The van der Waals surface area contributed by atoms with Crippen molar-refractivity contribution in [1.82, 2.24) is 0 Å². The maximum Gasteiger partial charge on any atom is 0.346 e. The molecule has 0 aromatic heterocycles. The van der Waals surface area contributed by atoms with Gasteiger partial charge in [0.25, 0.3) is 0 Å². The number of esters is 4. The van der Waals surface area contributed by atoms with Crippen LogP contribution in [0.15, 0.2) is 24.3 Å². The van der Waals surface area contributed by atoms with Gasteiger partial charge in [0.1, 0.15) is 0 Å². The van der Waals surface area contributed by atoms with E-state index in [0.717, 1.165) is 41.5 Å². The fraction of sp³-hybridized carbons (Fsp3) is 0.238. The van der Waals surface area contributed by atoms with Crippen molar-refractivity contribution in [3.8, 4) is 0 Å². The standard InChI is InChI=1S/C21H12O6/c22-18-14-4-10-2-8-1-9(13(10)7-17(14)21(25)26-18)3-11-5-15-16(6-12(8)11)20(24)27-19(15)23/h4-9H,1-3H2. The van der Waals surface area contributed by atoms with Gasteiger partial charge in [-0.05, 0) is 77.6 Å². The van der Waals surface area contributed by atoms with Crippen molar-refractivity contribution < 1.29 is 28.7 Å². The highest BCUT2D eigenvalue weighted by Gasteiger charge is 2.40. The van der Waals surface area contributed by atoms with Crippen LogP contribution in [-0.2, 0) is 22.3 Å². The number of cyclic esters (lactones) is 4. The summed E-state index contributed by atoms with van der Waals surface area (Å²) in [6, 6.07) is 7.17. The molecular formula is C21H12O6. The summed E-state index contributed by atoms with van der Waals surface area (Å²) in [5, 5.41) is 0. The average Bonchev–Trinajstić information content (AvgIpc) is 3.08. The van der Waals surface area contributed by atoms with Crippen LogP contribution in [-0.4, -0.2) is 23.9 Å². The lowest BCUT2D eigenvalue weighted by molar-refractivity contribution is 0.0425. The molecule has 132 valence electrons. The zero-order chi connectivity index (χ0) is 18.4. The number of carbonyl (C=O) groups is 4. The molecule has 2 bridgehead atoms. The Morgan fingerprint density at radius 1 is 0.593 bits per heavy atom. The smallest absolute Gasteiger partial charge is 0.346 e. The normalized spacial score (nSPS) is 24.0. The SMILES string of the molecule is O=C1OC(=O)c2cc3c(cc21)CC1CC3Cc2cc3c(cc21)C(=O)OC3=O. The van der Waals surface area contributed by atoms with Gasteiger partial charge >= 0.3 is 23.9 Å². The van der Waals surface area contributed by atoms with Gasteiger partial charge in [0.15, 0.2) is 0 Å². The number of benzene rings is 2. The molecule has 0 spiro atoms. The molecule has 0 amide bonds. The molecule has 4 aliphatic rings. The molecule has 2 atom stereocenters. The van der Waals surface area contributed by atoms with Crippen molar-refractivity contribution in [3.63, 3.8) is 0 Å². The number of fused-ring (bicyclic) bond motifs is 8. The summed E-state index contributed by atoms with van der Waals surface area (Å²) in [5.74, 6) is -1.95. The summed E-state index contributed by atoms with van der Waals surface area (Å²) in [5.41, 5.74) is 5.59. The second-order valence-electron chi connectivity index (χ2n) is 7.58. The van der Waals surface area contributed by atoms with Gasteiger partial charge in [-0.3, -0.25) is 0 Å². The molecule has 2 unspecified atom stereocenters. The topological polar surface area (TPSA) is 86.7 Å². The first-order chi connectivity index (χ1) is 13.0. The molecule has 2 aromatic rings. The Bertz CT molecular complexity index is 1050. The molecule has 6 rings (SSSR count). The summed E-state index contributed by atoms with van der Waals surface area (Å²) >= 11 is 0. The molecular weight excluding hydrogens is 348 g/mol. The highest BCUT2D eigenvalue weighted by atomic mass is 16.6. The van der Waals surface area contributed by atoms with Crippen LogP contribution in [0.1, 0.15) is 81.9 Å². The zero-order valence-electron chi connectivity index (χ0n) is 14.0. The summed E-state index contributed by atoms with van der Waals surface area (Å²) < 4.78 is 9.47. The Labute approximate surface area is 153 Å². The Hall–Kier alpha value is -3.28. The zero-order valence-corrected chi connectivity index (χ0v) is 14.0. The van der Waals surface area contributed by atoms with E-state index in [1.807, 2.05) is 0 Å². The van der Waals surface area contributed by atoms with Crippen LogP contribution in [0.4, 0.5) is 0 Å². The van der Waals surface area contributed by atoms with E-state index in [1.54, 1.807) is 24.3 Å². The molecule has 0 fully saturated rings. The van der Waals surface area contributed by atoms with E-state index in [1.165, 1.54) is 0 Å². The minimum Gasteiger partial charge on any atom is -0.386 e. The number of hydrogen-bond acceptors (Lipinski definition) is 6. The Balaban J connectivity index is 1.49. The van der Waals surface area contributed by atoms with Crippen LogP contribution in [0, 0.1) is 0 Å². The lowest BCUT2D eigenvalue weighted by atomic mass is 9.66. The van der Waals surface area contributed by atoms with E-state index in [2.05, 4.69) is 0 Å². The van der Waals surface area contributed by atoms with Crippen molar-refractivity contribution in [3.05, 3.63) is 68.8 Å². The lowest BCUT2D eigenvalue weighted by Gasteiger charge is -2.38. The second kappa shape index (κ2) is 4.71. The van der Waals surface area contributed by atoms with Crippen molar-refractivity contribution in [1.29, 1.82) is 0 Å². The van der Waals surface area contributed by atoms with E-state index in [4.69, 9.17) is 9.47 Å². The Morgan fingerprint density at radius 2 is 0.963 bits per heavy atom. The highest BCUT2D eigenvalue weighted by molar-refractivity contribution is 6.15. The first-order valence-electron chi connectivity index (χ1n) is 8.86. The second-order valence-corrected chi connectivity index (χ2v) is 7.58. The predicted octanol–water partition coefficient (Wildman–Crippen LogP) is 2.68. The summed E-state index contributed by atoms with van der Waals surface area (Å²) in [6.07, 6.45) is 2.34. The number of hydrogen-bond donors (Lipinski definition) is 0. The fourth-order valence-electron chi connectivity index (χ4n) is 5.01. The number of ether oxygens (including phenoxy) is 2. The van der Waals surface area contributed by atoms with Gasteiger partial charge in [-0.2, -0.15) is 0 Å². The third kappa shape index (κ3) is 1.84. The van der Waals surface area contributed by atoms with E-state index >= 15 is 0 Å². The van der Waals surface area contributed by atoms with Gasteiger partial charge in [-0.25, -0.2) is 19.2 Å². The van der Waals surface area contributed by atoms with Gasteiger partial charge in [0, 0.05) is 0 Å². The number of carbonyl (C=O) groups excluding carboxylic acids is 4. The van der Waals surface area contributed by atoms with Crippen LogP contribution in [0.2, 0.25) is 0 Å². The quantitative estimate of drug-likeness (QED) is 0.530. The average molecular weight is 360 g/mol. The van der Waals surface area contributed by atoms with Crippen LogP contribution in [0.25, 0.3) is 0 Å². The van der Waals surface area contributed by atoms with Crippen molar-refractivity contribution in [2.75, 3.05) is 0 Å². The molecule has 2 aromatic carbocycles. The molecule has 2 aliphatic carbocycles. The molecule has 2 aliphatic heterocycles. The van der Waals surface area contributed by atoms with Gasteiger partial charge in [0.05, 0.1) is 22.3 Å². The molecule has 0 saturated carbocycles.